The first kappa shape index (κ1) is 74.4. The van der Waals surface area contributed by atoms with E-state index in [0.29, 0.717) is 12.8 Å². The summed E-state index contributed by atoms with van der Waals surface area (Å²) in [5.74, 6) is -1.33. The summed E-state index contributed by atoms with van der Waals surface area (Å²) in [6.45, 7) is 1.02. The molecule has 16 atom stereocenters. The molecule has 0 radical (unpaired) electrons. The van der Waals surface area contributed by atoms with Crippen LogP contribution in [-0.2, 0) is 51.6 Å². The third-order valence-electron chi connectivity index (χ3n) is 15.6. The first-order chi connectivity index (χ1) is 39.4. The van der Waals surface area contributed by atoms with Crippen LogP contribution in [-0.4, -0.2) is 204 Å². The maximum Gasteiger partial charge on any atom is 0.472 e. The number of carbonyl (C=O) groups is 2. The molecule has 1 saturated carbocycles. The molecule has 23 nitrogen and oxygen atoms in total. The summed E-state index contributed by atoms with van der Waals surface area (Å²) < 4.78 is 58.2. The van der Waals surface area contributed by atoms with Crippen LogP contribution in [0.15, 0.2) is 12.2 Å². The number of hydrogen-bond acceptors (Lipinski definition) is 22. The highest BCUT2D eigenvalue weighted by Crippen LogP contribution is 2.49. The second-order valence-electron chi connectivity index (χ2n) is 22.6. The molecule has 2 heterocycles. The van der Waals surface area contributed by atoms with Crippen LogP contribution >= 0.6 is 7.82 Å². The topological polar surface area (TPSA) is 368 Å². The highest BCUT2D eigenvalue weighted by molar-refractivity contribution is 7.47. The van der Waals surface area contributed by atoms with Gasteiger partial charge in [0.2, 0.25) is 0 Å². The number of aliphatic hydroxyl groups excluding tert-OH is 11. The summed E-state index contributed by atoms with van der Waals surface area (Å²) in [6, 6.07) is 0. The average molecular weight is 1200 g/mol. The van der Waals surface area contributed by atoms with Gasteiger partial charge in [-0.15, -0.1) is 0 Å². The molecule has 0 amide bonds. The van der Waals surface area contributed by atoms with E-state index in [4.69, 9.17) is 37.5 Å². The van der Waals surface area contributed by atoms with Crippen molar-refractivity contribution in [2.45, 2.75) is 317 Å². The van der Waals surface area contributed by atoms with Gasteiger partial charge in [-0.05, 0) is 38.5 Å². The highest BCUT2D eigenvalue weighted by atomic mass is 31.2. The number of carbonyl (C=O) groups excluding carboxylic acids is 2. The second-order valence-corrected chi connectivity index (χ2v) is 24.0. The largest absolute Gasteiger partial charge is 0.472 e. The molecule has 82 heavy (non-hydrogen) atoms. The van der Waals surface area contributed by atoms with Crippen molar-refractivity contribution in [3.63, 3.8) is 0 Å². The monoisotopic (exact) mass is 1200 g/mol. The van der Waals surface area contributed by atoms with Crippen molar-refractivity contribution in [2.24, 2.45) is 0 Å². The van der Waals surface area contributed by atoms with E-state index < -0.39 is 150 Å². The van der Waals surface area contributed by atoms with Gasteiger partial charge in [0, 0.05) is 12.8 Å². The maximum atomic E-state index is 14.1. The molecule has 2 saturated heterocycles. The molecule has 3 aliphatic rings. The molecule has 1 aliphatic carbocycles. The molecule has 2 aliphatic heterocycles. The Kier molecular flexibility index (Phi) is 39.0. The molecule has 0 aromatic rings. The molecule has 3 rings (SSSR count). The van der Waals surface area contributed by atoms with E-state index >= 15 is 0 Å². The van der Waals surface area contributed by atoms with E-state index in [1.807, 2.05) is 0 Å². The van der Waals surface area contributed by atoms with Crippen molar-refractivity contribution in [3.8, 4) is 0 Å². The zero-order valence-corrected chi connectivity index (χ0v) is 49.9. The first-order valence-electron chi connectivity index (χ1n) is 31.0. The second kappa shape index (κ2) is 42.9. The fourth-order valence-electron chi connectivity index (χ4n) is 10.4. The Morgan fingerprint density at radius 3 is 1.21 bits per heavy atom. The van der Waals surface area contributed by atoms with Gasteiger partial charge in [0.25, 0.3) is 0 Å². The van der Waals surface area contributed by atoms with Crippen LogP contribution in [0.1, 0.15) is 213 Å². The normalized spacial score (nSPS) is 30.8. The molecule has 24 heteroatoms. The predicted molar refractivity (Wildman–Crippen MR) is 300 cm³/mol. The number of esters is 2. The Hall–Kier alpha value is -1.81. The minimum Gasteiger partial charge on any atom is -0.462 e. The summed E-state index contributed by atoms with van der Waals surface area (Å²) in [6.07, 6.45) is 1.76. The van der Waals surface area contributed by atoms with E-state index in [1.54, 1.807) is 0 Å². The summed E-state index contributed by atoms with van der Waals surface area (Å²) >= 11 is 0. The van der Waals surface area contributed by atoms with Crippen molar-refractivity contribution >= 4 is 19.8 Å². The molecule has 12 N–H and O–H groups in total. The first-order valence-corrected chi connectivity index (χ1v) is 32.5. The molecule has 0 aromatic heterocycles. The van der Waals surface area contributed by atoms with Gasteiger partial charge in [0.1, 0.15) is 92.1 Å². The van der Waals surface area contributed by atoms with E-state index in [0.717, 1.165) is 83.5 Å². The average Bonchev–Trinajstić information content (AvgIpc) is 3.64. The van der Waals surface area contributed by atoms with Crippen LogP contribution in [0.2, 0.25) is 0 Å². The minimum absolute atomic E-state index is 0.0277. The fourth-order valence-corrected chi connectivity index (χ4v) is 11.4. The molecule has 0 bridgehead atoms. The number of unbranched alkanes of at least 4 members (excludes halogenated alkanes) is 26. The van der Waals surface area contributed by atoms with Crippen LogP contribution < -0.4 is 0 Å². The van der Waals surface area contributed by atoms with Gasteiger partial charge in [-0.1, -0.05) is 174 Å². The number of phosphoric acid groups is 1. The number of ether oxygens (including phenoxy) is 6. The number of phosphoric ester groups is 1. The number of aliphatic hydroxyl groups is 11. The third kappa shape index (κ3) is 27.9. The van der Waals surface area contributed by atoms with Gasteiger partial charge >= 0.3 is 19.8 Å². The van der Waals surface area contributed by atoms with Crippen LogP contribution in [0.4, 0.5) is 0 Å². The molecule has 482 valence electrons. The number of rotatable bonds is 46. The van der Waals surface area contributed by atoms with Crippen molar-refractivity contribution in [1.29, 1.82) is 0 Å². The molecule has 0 aromatic carbocycles. The molecular formula is C58H107O23P. The van der Waals surface area contributed by atoms with Gasteiger partial charge in [-0.3, -0.25) is 18.6 Å². The molecule has 16 unspecified atom stereocenters. The van der Waals surface area contributed by atoms with Crippen LogP contribution in [0.3, 0.4) is 0 Å². The Morgan fingerprint density at radius 2 is 0.805 bits per heavy atom. The minimum atomic E-state index is -5.64. The molecule has 0 spiro atoms. The van der Waals surface area contributed by atoms with Crippen LogP contribution in [0.5, 0.6) is 0 Å². The van der Waals surface area contributed by atoms with E-state index in [-0.39, 0.29) is 12.8 Å². The van der Waals surface area contributed by atoms with Crippen molar-refractivity contribution in [1.82, 2.24) is 0 Å². The molecule has 3 fully saturated rings. The Labute approximate surface area is 486 Å². The zero-order valence-electron chi connectivity index (χ0n) is 49.0. The van der Waals surface area contributed by atoms with Crippen molar-refractivity contribution < 1.29 is 113 Å². The van der Waals surface area contributed by atoms with E-state index in [2.05, 4.69) is 26.0 Å². The lowest BCUT2D eigenvalue weighted by molar-refractivity contribution is -0.360. The quantitative estimate of drug-likeness (QED) is 0.0163. The van der Waals surface area contributed by atoms with Gasteiger partial charge in [0.05, 0.1) is 19.8 Å². The van der Waals surface area contributed by atoms with Crippen molar-refractivity contribution in [2.75, 3.05) is 26.4 Å². The van der Waals surface area contributed by atoms with Gasteiger partial charge < -0.3 is 89.5 Å². The summed E-state index contributed by atoms with van der Waals surface area (Å²) in [5.41, 5.74) is 0. The van der Waals surface area contributed by atoms with Crippen LogP contribution in [0, 0.1) is 0 Å². The standard InChI is InChI=1S/C58H107O23P/c1-3-5-7-9-11-13-15-17-19-21-23-25-27-29-31-33-35-44(62)76-40(38-74-43(61)34-32-30-28-26-24-22-20-18-16-14-12-10-8-6-4-2)39-75-82(72,73)81-56-54(79-57-52(70)47(65)45(63)41(36-59)77-57)50(68)49(67)51(69)55(56)80-58-53(71)48(66)46(64)42(37-60)78-58/h14,16,40-42,45-60,63-71H,3-13,15,17-39H2,1-2H3,(H,72,73). The lowest BCUT2D eigenvalue weighted by atomic mass is 9.84. The Balaban J connectivity index is 1.67. The Bertz CT molecular complexity index is 1680. The predicted octanol–water partition coefficient (Wildman–Crippen LogP) is 5.10. The van der Waals surface area contributed by atoms with E-state index in [9.17, 15) is 75.2 Å². The summed E-state index contributed by atoms with van der Waals surface area (Å²) in [7, 11) is -5.64. The SMILES string of the molecule is CCCCCCC=CCCCCCCCCCC(=O)OCC(COP(=O)(O)OC1C(OC2OC(CO)C(O)C(O)C2O)C(O)C(O)C(O)C1OC1OC(CO)C(O)C(O)C1O)OC(=O)CCCCCCCCCCCCCCCCCC. The van der Waals surface area contributed by atoms with Gasteiger partial charge in [0.15, 0.2) is 18.7 Å². The lowest BCUT2D eigenvalue weighted by Gasteiger charge is -2.49. The number of hydrogen-bond donors (Lipinski definition) is 12. The fraction of sp³-hybridized carbons (Fsp3) is 0.931. The third-order valence-corrected chi connectivity index (χ3v) is 16.6. The molecular weight excluding hydrogens is 1100 g/mol. The van der Waals surface area contributed by atoms with Gasteiger partial charge in [-0.25, -0.2) is 4.57 Å². The zero-order chi connectivity index (χ0) is 60.3. The van der Waals surface area contributed by atoms with E-state index in [1.165, 1.54) is 89.9 Å². The smallest absolute Gasteiger partial charge is 0.462 e. The number of allylic oxidation sites excluding steroid dienone is 2. The van der Waals surface area contributed by atoms with Crippen LogP contribution in [0.25, 0.3) is 0 Å². The summed E-state index contributed by atoms with van der Waals surface area (Å²) in [5, 5.41) is 117. The van der Waals surface area contributed by atoms with Crippen molar-refractivity contribution in [3.05, 3.63) is 12.2 Å². The van der Waals surface area contributed by atoms with Gasteiger partial charge in [-0.2, -0.15) is 0 Å². The summed E-state index contributed by atoms with van der Waals surface area (Å²) in [4.78, 5) is 37.6. The lowest BCUT2D eigenvalue weighted by Crippen LogP contribution is -2.69. The highest BCUT2D eigenvalue weighted by Gasteiger charge is 2.58. The Morgan fingerprint density at radius 1 is 0.451 bits per heavy atom. The maximum absolute atomic E-state index is 14.1.